The van der Waals surface area contributed by atoms with Gasteiger partial charge in [-0.3, -0.25) is 0 Å². The third kappa shape index (κ3) is 3.57. The summed E-state index contributed by atoms with van der Waals surface area (Å²) in [4.78, 5) is 6.53. The SMILES string of the molecule is CC(C)Cn1ncnc1CN(C)c1ccc(CN)cc1. The van der Waals surface area contributed by atoms with Gasteiger partial charge >= 0.3 is 0 Å². The Morgan fingerprint density at radius 1 is 1.25 bits per heavy atom. The molecule has 5 heteroatoms. The van der Waals surface area contributed by atoms with Crippen LogP contribution in [0.15, 0.2) is 30.6 Å². The maximum absolute atomic E-state index is 5.62. The Balaban J connectivity index is 2.06. The molecule has 0 atom stereocenters. The summed E-state index contributed by atoms with van der Waals surface area (Å²) in [6, 6.07) is 8.30. The second-order valence-electron chi connectivity index (χ2n) is 5.48. The normalized spacial score (nSPS) is 11.1. The van der Waals surface area contributed by atoms with Gasteiger partial charge in [0.1, 0.15) is 12.2 Å². The van der Waals surface area contributed by atoms with Crippen LogP contribution in [-0.2, 0) is 19.6 Å². The number of aromatic nitrogens is 3. The molecule has 20 heavy (non-hydrogen) atoms. The highest BCUT2D eigenvalue weighted by Crippen LogP contribution is 2.16. The lowest BCUT2D eigenvalue weighted by Crippen LogP contribution is -2.21. The zero-order chi connectivity index (χ0) is 14.5. The molecular weight excluding hydrogens is 250 g/mol. The van der Waals surface area contributed by atoms with Crippen LogP contribution in [0.4, 0.5) is 5.69 Å². The van der Waals surface area contributed by atoms with Crippen LogP contribution in [0.3, 0.4) is 0 Å². The Hall–Kier alpha value is -1.88. The lowest BCUT2D eigenvalue weighted by molar-refractivity contribution is 0.465. The zero-order valence-electron chi connectivity index (χ0n) is 12.5. The first-order valence-corrected chi connectivity index (χ1v) is 6.97. The summed E-state index contributed by atoms with van der Waals surface area (Å²) in [5.41, 5.74) is 7.91. The first-order chi connectivity index (χ1) is 9.60. The van der Waals surface area contributed by atoms with Gasteiger partial charge in [-0.2, -0.15) is 5.10 Å². The Kier molecular flexibility index (Phi) is 4.74. The molecule has 0 amide bonds. The molecule has 2 rings (SSSR count). The second-order valence-corrected chi connectivity index (χ2v) is 5.48. The highest BCUT2D eigenvalue weighted by molar-refractivity contribution is 5.46. The van der Waals surface area contributed by atoms with Crippen molar-refractivity contribution < 1.29 is 0 Å². The minimum absolute atomic E-state index is 0.560. The predicted octanol–water partition coefficient (Wildman–Crippen LogP) is 2.03. The van der Waals surface area contributed by atoms with Gasteiger partial charge in [-0.05, 0) is 23.6 Å². The third-order valence-corrected chi connectivity index (χ3v) is 3.23. The molecule has 0 aliphatic heterocycles. The maximum Gasteiger partial charge on any atom is 0.146 e. The fourth-order valence-corrected chi connectivity index (χ4v) is 2.10. The Bertz CT molecular complexity index is 529. The summed E-state index contributed by atoms with van der Waals surface area (Å²) >= 11 is 0. The molecule has 1 aromatic carbocycles. The van der Waals surface area contributed by atoms with Crippen LogP contribution < -0.4 is 10.6 Å². The van der Waals surface area contributed by atoms with E-state index in [1.165, 1.54) is 0 Å². The summed E-state index contributed by atoms with van der Waals surface area (Å²) in [7, 11) is 2.06. The van der Waals surface area contributed by atoms with Crippen molar-refractivity contribution in [3.63, 3.8) is 0 Å². The molecule has 2 N–H and O–H groups in total. The topological polar surface area (TPSA) is 60.0 Å². The molecule has 0 aliphatic rings. The van der Waals surface area contributed by atoms with Crippen molar-refractivity contribution in [2.45, 2.75) is 33.5 Å². The van der Waals surface area contributed by atoms with Crippen molar-refractivity contribution in [2.75, 3.05) is 11.9 Å². The van der Waals surface area contributed by atoms with Crippen molar-refractivity contribution in [3.05, 3.63) is 42.0 Å². The van der Waals surface area contributed by atoms with Gasteiger partial charge in [-0.25, -0.2) is 9.67 Å². The van der Waals surface area contributed by atoms with E-state index in [-0.39, 0.29) is 0 Å². The smallest absolute Gasteiger partial charge is 0.146 e. The molecule has 1 heterocycles. The summed E-state index contributed by atoms with van der Waals surface area (Å²) in [5, 5.41) is 4.29. The number of anilines is 1. The molecule has 0 spiro atoms. The van der Waals surface area contributed by atoms with Crippen LogP contribution in [0, 0.1) is 5.92 Å². The van der Waals surface area contributed by atoms with E-state index in [1.54, 1.807) is 6.33 Å². The maximum atomic E-state index is 5.62. The second kappa shape index (κ2) is 6.52. The summed E-state index contributed by atoms with van der Waals surface area (Å²) in [6.07, 6.45) is 1.63. The molecule has 1 aromatic heterocycles. The zero-order valence-corrected chi connectivity index (χ0v) is 12.5. The summed E-state index contributed by atoms with van der Waals surface area (Å²) in [6.45, 7) is 6.58. The van der Waals surface area contributed by atoms with E-state index >= 15 is 0 Å². The molecule has 2 aromatic rings. The van der Waals surface area contributed by atoms with Gasteiger partial charge in [0.2, 0.25) is 0 Å². The van der Waals surface area contributed by atoms with Crippen molar-refractivity contribution in [1.29, 1.82) is 0 Å². The molecule has 0 fully saturated rings. The van der Waals surface area contributed by atoms with E-state index < -0.39 is 0 Å². The standard InChI is InChI=1S/C15H23N5/c1-12(2)9-20-15(17-11-18-20)10-19(3)14-6-4-13(8-16)5-7-14/h4-7,11-12H,8-10,16H2,1-3H3. The monoisotopic (exact) mass is 273 g/mol. The highest BCUT2D eigenvalue weighted by Gasteiger charge is 2.09. The summed E-state index contributed by atoms with van der Waals surface area (Å²) < 4.78 is 1.98. The highest BCUT2D eigenvalue weighted by atomic mass is 15.3. The molecule has 0 radical (unpaired) electrons. The molecule has 0 saturated heterocycles. The molecule has 108 valence electrons. The van der Waals surface area contributed by atoms with Gasteiger partial charge in [0, 0.05) is 25.8 Å². The van der Waals surface area contributed by atoms with Gasteiger partial charge in [-0.15, -0.1) is 0 Å². The van der Waals surface area contributed by atoms with Crippen LogP contribution in [0.25, 0.3) is 0 Å². The van der Waals surface area contributed by atoms with Gasteiger partial charge in [-0.1, -0.05) is 26.0 Å². The minimum Gasteiger partial charge on any atom is -0.367 e. The lowest BCUT2D eigenvalue weighted by atomic mass is 10.2. The van der Waals surface area contributed by atoms with E-state index in [9.17, 15) is 0 Å². The Morgan fingerprint density at radius 3 is 2.55 bits per heavy atom. The molecular formula is C15H23N5. The molecule has 0 saturated carbocycles. The average molecular weight is 273 g/mol. The van der Waals surface area contributed by atoms with Crippen LogP contribution in [0.5, 0.6) is 0 Å². The first-order valence-electron chi connectivity index (χ1n) is 6.97. The molecule has 0 bridgehead atoms. The number of hydrogen-bond donors (Lipinski definition) is 1. The van der Waals surface area contributed by atoms with Crippen molar-refractivity contribution >= 4 is 5.69 Å². The number of nitrogens with zero attached hydrogens (tertiary/aromatic N) is 4. The Labute approximate surface area is 120 Å². The van der Waals surface area contributed by atoms with E-state index in [2.05, 4.69) is 60.1 Å². The van der Waals surface area contributed by atoms with Crippen LogP contribution in [0.1, 0.15) is 25.2 Å². The van der Waals surface area contributed by atoms with E-state index in [4.69, 9.17) is 5.73 Å². The first kappa shape index (κ1) is 14.5. The number of benzene rings is 1. The number of rotatable bonds is 6. The fourth-order valence-electron chi connectivity index (χ4n) is 2.10. The fraction of sp³-hybridized carbons (Fsp3) is 0.467. The van der Waals surface area contributed by atoms with E-state index in [0.717, 1.165) is 30.2 Å². The minimum atomic E-state index is 0.560. The van der Waals surface area contributed by atoms with Crippen LogP contribution >= 0.6 is 0 Å². The van der Waals surface area contributed by atoms with Crippen LogP contribution in [0.2, 0.25) is 0 Å². The predicted molar refractivity (Wildman–Crippen MR) is 81.3 cm³/mol. The van der Waals surface area contributed by atoms with Gasteiger partial charge in [0.05, 0.1) is 6.54 Å². The Morgan fingerprint density at radius 2 is 1.95 bits per heavy atom. The lowest BCUT2D eigenvalue weighted by Gasteiger charge is -2.19. The van der Waals surface area contributed by atoms with Crippen molar-refractivity contribution in [1.82, 2.24) is 14.8 Å². The van der Waals surface area contributed by atoms with Crippen molar-refractivity contribution in [2.24, 2.45) is 11.7 Å². The molecule has 0 unspecified atom stereocenters. The largest absolute Gasteiger partial charge is 0.367 e. The number of hydrogen-bond acceptors (Lipinski definition) is 4. The van der Waals surface area contributed by atoms with Gasteiger partial charge in [0.15, 0.2) is 0 Å². The number of nitrogens with two attached hydrogens (primary N) is 1. The van der Waals surface area contributed by atoms with Crippen LogP contribution in [-0.4, -0.2) is 21.8 Å². The van der Waals surface area contributed by atoms with Gasteiger partial charge < -0.3 is 10.6 Å². The third-order valence-electron chi connectivity index (χ3n) is 3.23. The van der Waals surface area contributed by atoms with Crippen molar-refractivity contribution in [3.8, 4) is 0 Å². The van der Waals surface area contributed by atoms with Gasteiger partial charge in [0.25, 0.3) is 0 Å². The van der Waals surface area contributed by atoms with E-state index in [0.29, 0.717) is 12.5 Å². The molecule has 5 nitrogen and oxygen atoms in total. The quantitative estimate of drug-likeness (QED) is 0.875. The molecule has 0 aliphatic carbocycles. The van der Waals surface area contributed by atoms with E-state index in [1.807, 2.05) is 4.68 Å². The average Bonchev–Trinajstić information content (AvgIpc) is 2.85. The summed E-state index contributed by atoms with van der Waals surface area (Å²) in [5.74, 6) is 1.55.